The van der Waals surface area contributed by atoms with Crippen molar-refractivity contribution in [1.29, 1.82) is 0 Å². The number of benzene rings is 1. The van der Waals surface area contributed by atoms with E-state index in [1.807, 2.05) is 27.9 Å². The van der Waals surface area contributed by atoms with Crippen LogP contribution in [0.4, 0.5) is 5.69 Å². The van der Waals surface area contributed by atoms with Crippen LogP contribution in [0.3, 0.4) is 0 Å². The average Bonchev–Trinajstić information content (AvgIpc) is 3.09. The molecule has 138 valence electrons. The number of nitrogens with zero attached hydrogens (tertiary/aromatic N) is 2. The molecule has 0 bridgehead atoms. The molecule has 1 heterocycles. The summed E-state index contributed by atoms with van der Waals surface area (Å²) in [6.45, 7) is 6.16. The maximum Gasteiger partial charge on any atom is 0.309 e. The number of nitrogens with one attached hydrogen (secondary N) is 2. The van der Waals surface area contributed by atoms with Gasteiger partial charge in [0.1, 0.15) is 0 Å². The number of likely N-dealkylation sites (tertiary alicyclic amines) is 1. The van der Waals surface area contributed by atoms with Gasteiger partial charge in [-0.1, -0.05) is 12.1 Å². The molecule has 1 aromatic rings. The number of hydrogen-bond acceptors (Lipinski definition) is 4. The minimum atomic E-state index is -0.571. The molecule has 0 radical (unpaired) electrons. The van der Waals surface area contributed by atoms with Gasteiger partial charge in [0.05, 0.1) is 6.04 Å². The largest absolute Gasteiger partial charge is 0.378 e. The van der Waals surface area contributed by atoms with Gasteiger partial charge in [-0.25, -0.2) is 0 Å². The molecule has 1 aliphatic rings. The SMILES string of the molecule is CC(C)NC(=O)C(=O)NC[C@@H](c1ccc(N(C)C)cc1)N1CCCC1. The molecule has 2 rings (SSSR count). The van der Waals surface area contributed by atoms with Crippen LogP contribution in [0.2, 0.25) is 0 Å². The van der Waals surface area contributed by atoms with Crippen molar-refractivity contribution in [2.24, 2.45) is 0 Å². The lowest BCUT2D eigenvalue weighted by atomic mass is 10.0. The first kappa shape index (κ1) is 19.2. The highest BCUT2D eigenvalue weighted by atomic mass is 16.2. The number of anilines is 1. The van der Waals surface area contributed by atoms with Gasteiger partial charge in [0, 0.05) is 32.4 Å². The predicted octanol–water partition coefficient (Wildman–Crippen LogP) is 1.53. The molecule has 2 amide bonds. The molecule has 1 fully saturated rings. The Bertz CT molecular complexity index is 578. The van der Waals surface area contributed by atoms with Gasteiger partial charge in [-0.15, -0.1) is 0 Å². The molecule has 0 aromatic heterocycles. The average molecular weight is 346 g/mol. The molecule has 6 heteroatoms. The summed E-state index contributed by atoms with van der Waals surface area (Å²) in [6, 6.07) is 8.44. The Kier molecular flexibility index (Phi) is 6.82. The van der Waals surface area contributed by atoms with Gasteiger partial charge in [-0.2, -0.15) is 0 Å². The Morgan fingerprint density at radius 2 is 1.68 bits per heavy atom. The molecule has 0 spiro atoms. The number of carbonyl (C=O) groups excluding carboxylic acids is 2. The molecule has 0 saturated carbocycles. The van der Waals surface area contributed by atoms with E-state index >= 15 is 0 Å². The number of hydrogen-bond donors (Lipinski definition) is 2. The lowest BCUT2D eigenvalue weighted by molar-refractivity contribution is -0.139. The van der Waals surface area contributed by atoms with Crippen LogP contribution in [0.5, 0.6) is 0 Å². The van der Waals surface area contributed by atoms with Gasteiger partial charge in [0.15, 0.2) is 0 Å². The summed E-state index contributed by atoms with van der Waals surface area (Å²) in [4.78, 5) is 28.3. The van der Waals surface area contributed by atoms with Crippen LogP contribution in [0.25, 0.3) is 0 Å². The van der Waals surface area contributed by atoms with E-state index in [1.54, 1.807) is 0 Å². The summed E-state index contributed by atoms with van der Waals surface area (Å²) >= 11 is 0. The molecular weight excluding hydrogens is 316 g/mol. The van der Waals surface area contributed by atoms with Crippen LogP contribution in [-0.2, 0) is 9.59 Å². The molecular formula is C19H30N4O2. The number of rotatable bonds is 6. The van der Waals surface area contributed by atoms with Crippen LogP contribution in [0, 0.1) is 0 Å². The third-order valence-electron chi connectivity index (χ3n) is 4.46. The highest BCUT2D eigenvalue weighted by Crippen LogP contribution is 2.26. The van der Waals surface area contributed by atoms with Crippen molar-refractivity contribution in [3.63, 3.8) is 0 Å². The lowest BCUT2D eigenvalue weighted by Crippen LogP contribution is -2.45. The van der Waals surface area contributed by atoms with Gasteiger partial charge in [-0.05, 0) is 57.5 Å². The second-order valence-electron chi connectivity index (χ2n) is 7.08. The zero-order valence-electron chi connectivity index (χ0n) is 15.7. The summed E-state index contributed by atoms with van der Waals surface area (Å²) in [5, 5.41) is 5.42. The molecule has 1 aromatic carbocycles. The molecule has 6 nitrogen and oxygen atoms in total. The third kappa shape index (κ3) is 5.46. The van der Waals surface area contributed by atoms with Crippen molar-refractivity contribution in [2.75, 3.05) is 38.6 Å². The highest BCUT2D eigenvalue weighted by Gasteiger charge is 2.25. The Labute approximate surface area is 150 Å². The summed E-state index contributed by atoms with van der Waals surface area (Å²) in [5.41, 5.74) is 2.31. The first-order valence-corrected chi connectivity index (χ1v) is 8.98. The maximum atomic E-state index is 12.0. The van der Waals surface area contributed by atoms with E-state index in [9.17, 15) is 9.59 Å². The van der Waals surface area contributed by atoms with Crippen molar-refractivity contribution in [3.05, 3.63) is 29.8 Å². The second-order valence-corrected chi connectivity index (χ2v) is 7.08. The van der Waals surface area contributed by atoms with Gasteiger partial charge in [0.25, 0.3) is 0 Å². The third-order valence-corrected chi connectivity index (χ3v) is 4.46. The van der Waals surface area contributed by atoms with Crippen LogP contribution in [-0.4, -0.2) is 56.5 Å². The van der Waals surface area contributed by atoms with E-state index in [1.165, 1.54) is 12.8 Å². The summed E-state index contributed by atoms with van der Waals surface area (Å²) in [5.74, 6) is -1.14. The molecule has 2 N–H and O–H groups in total. The van der Waals surface area contributed by atoms with Crippen LogP contribution < -0.4 is 15.5 Å². The van der Waals surface area contributed by atoms with Crippen molar-refractivity contribution in [1.82, 2.24) is 15.5 Å². The van der Waals surface area contributed by atoms with Crippen LogP contribution in [0.1, 0.15) is 38.3 Å². The maximum absolute atomic E-state index is 12.0. The van der Waals surface area contributed by atoms with Crippen molar-refractivity contribution in [2.45, 2.75) is 38.8 Å². The minimum Gasteiger partial charge on any atom is -0.378 e. The standard InChI is InChI=1S/C19H30N4O2/c1-14(2)21-19(25)18(24)20-13-17(23-11-5-6-12-23)15-7-9-16(10-8-15)22(3)4/h7-10,14,17H,5-6,11-13H2,1-4H3,(H,20,24)(H,21,25)/t17-/m0/s1. The number of amides is 2. The van der Waals surface area contributed by atoms with Gasteiger partial charge < -0.3 is 15.5 Å². The fraction of sp³-hybridized carbons (Fsp3) is 0.579. The van der Waals surface area contributed by atoms with E-state index in [0.29, 0.717) is 6.54 Å². The fourth-order valence-corrected chi connectivity index (χ4v) is 3.10. The van der Waals surface area contributed by atoms with Gasteiger partial charge >= 0.3 is 11.8 Å². The minimum absolute atomic E-state index is 0.0498. The molecule has 0 unspecified atom stereocenters. The van der Waals surface area contributed by atoms with Crippen molar-refractivity contribution < 1.29 is 9.59 Å². The Morgan fingerprint density at radius 1 is 1.08 bits per heavy atom. The van der Waals surface area contributed by atoms with E-state index in [0.717, 1.165) is 24.3 Å². The first-order valence-electron chi connectivity index (χ1n) is 8.98. The van der Waals surface area contributed by atoms with Crippen LogP contribution >= 0.6 is 0 Å². The van der Waals surface area contributed by atoms with Crippen molar-refractivity contribution >= 4 is 17.5 Å². The van der Waals surface area contributed by atoms with Gasteiger partial charge in [-0.3, -0.25) is 14.5 Å². The van der Waals surface area contributed by atoms with E-state index < -0.39 is 11.8 Å². The second kappa shape index (κ2) is 8.85. The molecule has 1 atom stereocenters. The highest BCUT2D eigenvalue weighted by molar-refractivity contribution is 6.35. The molecule has 1 aliphatic heterocycles. The summed E-state index contributed by atoms with van der Waals surface area (Å²) in [6.07, 6.45) is 2.35. The normalized spacial score (nSPS) is 15.9. The molecule has 1 saturated heterocycles. The Hall–Kier alpha value is -2.08. The van der Waals surface area contributed by atoms with Crippen molar-refractivity contribution in [3.8, 4) is 0 Å². The smallest absolute Gasteiger partial charge is 0.309 e. The monoisotopic (exact) mass is 346 g/mol. The zero-order chi connectivity index (χ0) is 18.4. The van der Waals surface area contributed by atoms with E-state index in [-0.39, 0.29) is 12.1 Å². The number of carbonyl (C=O) groups is 2. The quantitative estimate of drug-likeness (QED) is 0.767. The molecule has 0 aliphatic carbocycles. The fourth-order valence-electron chi connectivity index (χ4n) is 3.10. The van der Waals surface area contributed by atoms with Crippen LogP contribution in [0.15, 0.2) is 24.3 Å². The van der Waals surface area contributed by atoms with E-state index in [2.05, 4.69) is 44.7 Å². The Morgan fingerprint density at radius 3 is 2.20 bits per heavy atom. The molecule has 25 heavy (non-hydrogen) atoms. The first-order chi connectivity index (χ1) is 11.9. The zero-order valence-corrected chi connectivity index (χ0v) is 15.7. The topological polar surface area (TPSA) is 64.7 Å². The predicted molar refractivity (Wildman–Crippen MR) is 101 cm³/mol. The van der Waals surface area contributed by atoms with Gasteiger partial charge in [0.2, 0.25) is 0 Å². The Balaban J connectivity index is 2.06. The lowest BCUT2D eigenvalue weighted by Gasteiger charge is -2.28. The van der Waals surface area contributed by atoms with E-state index in [4.69, 9.17) is 0 Å². The summed E-state index contributed by atoms with van der Waals surface area (Å²) in [7, 11) is 4.03. The summed E-state index contributed by atoms with van der Waals surface area (Å²) < 4.78 is 0.